The van der Waals surface area contributed by atoms with Crippen molar-refractivity contribution >= 4 is 0 Å². The lowest BCUT2D eigenvalue weighted by Crippen LogP contribution is -2.57. The van der Waals surface area contributed by atoms with Gasteiger partial charge in [-0.25, -0.2) is 0 Å². The number of rotatable bonds is 0. The summed E-state index contributed by atoms with van der Waals surface area (Å²) < 4.78 is 7.03. The van der Waals surface area contributed by atoms with Crippen LogP contribution in [0, 0.1) is 52.3 Å². The van der Waals surface area contributed by atoms with Crippen LogP contribution in [0.2, 0.25) is 0 Å². The number of hydrogen-bond acceptors (Lipinski definition) is 2. The first-order chi connectivity index (χ1) is 13.9. The molecule has 0 aromatic heterocycles. The molecule has 3 unspecified atom stereocenters. The maximum Gasteiger partial charge on any atom is 0.122 e. The number of nitrogens with one attached hydrogen (secondary N) is 1. The van der Waals surface area contributed by atoms with Gasteiger partial charge in [0.1, 0.15) is 5.72 Å². The summed E-state index contributed by atoms with van der Waals surface area (Å²) in [6.07, 6.45) is 16.5. The van der Waals surface area contributed by atoms with E-state index in [-0.39, 0.29) is 5.72 Å². The smallest absolute Gasteiger partial charge is 0.122 e. The van der Waals surface area contributed by atoms with Crippen molar-refractivity contribution in [2.75, 3.05) is 6.54 Å². The second kappa shape index (κ2) is 6.47. The molecule has 1 spiro atoms. The van der Waals surface area contributed by atoms with Crippen molar-refractivity contribution < 1.29 is 4.74 Å². The van der Waals surface area contributed by atoms with E-state index in [2.05, 4.69) is 33.0 Å². The first-order valence-electron chi connectivity index (χ1n) is 13.3. The monoisotopic (exact) mass is 399 g/mol. The van der Waals surface area contributed by atoms with Crippen LogP contribution in [0.15, 0.2) is 0 Å². The van der Waals surface area contributed by atoms with Gasteiger partial charge in [0.25, 0.3) is 0 Å². The van der Waals surface area contributed by atoms with Gasteiger partial charge >= 0.3 is 0 Å². The second-order valence-corrected chi connectivity index (χ2v) is 13.1. The summed E-state index contributed by atoms with van der Waals surface area (Å²) in [5, 5.41) is 3.91. The average Bonchev–Trinajstić information content (AvgIpc) is 3.15. The standard InChI is InChI=1S/C27H45NO/c1-17-10-14-27(28-16-17)18(2)24-23(29-27)15-22-20-9-8-19-7-5-6-12-25(19,3)21(20)11-13-26(22,24)4/h17-24,28H,5-16H2,1-4H3/t17?,18-,19?,20+,21-,22-,23-,24-,25-,26-,27?/m0/s1. The molecule has 4 aliphatic carbocycles. The number of hydrogen-bond donors (Lipinski definition) is 1. The molecule has 6 aliphatic rings. The largest absolute Gasteiger partial charge is 0.357 e. The van der Waals surface area contributed by atoms with Crippen LogP contribution >= 0.6 is 0 Å². The molecule has 0 bridgehead atoms. The fraction of sp³-hybridized carbons (Fsp3) is 1.00. The summed E-state index contributed by atoms with van der Waals surface area (Å²) in [6, 6.07) is 0. The van der Waals surface area contributed by atoms with Crippen molar-refractivity contribution in [1.82, 2.24) is 5.32 Å². The molecular formula is C27H45NO. The fourth-order valence-corrected chi connectivity index (χ4v) is 10.5. The van der Waals surface area contributed by atoms with Crippen LogP contribution in [0.4, 0.5) is 0 Å². The highest BCUT2D eigenvalue weighted by Crippen LogP contribution is 2.71. The Hall–Kier alpha value is -0.0800. The quantitative estimate of drug-likeness (QED) is 0.509. The van der Waals surface area contributed by atoms with E-state index >= 15 is 0 Å². The number of fused-ring (bicyclic) bond motifs is 7. The van der Waals surface area contributed by atoms with Gasteiger partial charge in [0.05, 0.1) is 6.10 Å². The third kappa shape index (κ3) is 2.54. The summed E-state index contributed by atoms with van der Waals surface area (Å²) in [6.45, 7) is 11.5. The molecule has 29 heavy (non-hydrogen) atoms. The molecule has 2 heteroatoms. The van der Waals surface area contributed by atoms with E-state index in [1.54, 1.807) is 0 Å². The van der Waals surface area contributed by atoms with E-state index in [1.807, 2.05) is 0 Å². The van der Waals surface area contributed by atoms with E-state index in [1.165, 1.54) is 70.6 Å². The lowest BCUT2D eigenvalue weighted by Gasteiger charge is -2.61. The minimum Gasteiger partial charge on any atom is -0.357 e. The molecule has 2 heterocycles. The predicted octanol–water partition coefficient (Wildman–Crippen LogP) is 6.40. The summed E-state index contributed by atoms with van der Waals surface area (Å²) in [7, 11) is 0. The topological polar surface area (TPSA) is 21.3 Å². The van der Waals surface area contributed by atoms with Gasteiger partial charge in [-0.1, -0.05) is 40.5 Å². The highest BCUT2D eigenvalue weighted by molar-refractivity contribution is 5.16. The first-order valence-corrected chi connectivity index (χ1v) is 13.3. The van der Waals surface area contributed by atoms with Gasteiger partial charge in [-0.2, -0.15) is 0 Å². The summed E-state index contributed by atoms with van der Waals surface area (Å²) in [4.78, 5) is 0. The van der Waals surface area contributed by atoms with Crippen molar-refractivity contribution in [3.8, 4) is 0 Å². The number of piperidine rings is 1. The zero-order chi connectivity index (χ0) is 20.0. The zero-order valence-corrected chi connectivity index (χ0v) is 19.5. The van der Waals surface area contributed by atoms with Crippen LogP contribution in [0.25, 0.3) is 0 Å². The van der Waals surface area contributed by atoms with Gasteiger partial charge < -0.3 is 4.74 Å². The lowest BCUT2D eigenvalue weighted by atomic mass is 9.44. The van der Waals surface area contributed by atoms with Crippen LogP contribution in [-0.4, -0.2) is 18.4 Å². The first kappa shape index (κ1) is 19.6. The molecule has 2 nitrogen and oxygen atoms in total. The van der Waals surface area contributed by atoms with Crippen molar-refractivity contribution in [1.29, 1.82) is 0 Å². The zero-order valence-electron chi connectivity index (χ0n) is 19.5. The van der Waals surface area contributed by atoms with E-state index in [0.717, 1.165) is 42.1 Å². The molecule has 4 saturated carbocycles. The molecular weight excluding hydrogens is 354 g/mol. The van der Waals surface area contributed by atoms with Gasteiger partial charge in [0.2, 0.25) is 0 Å². The van der Waals surface area contributed by atoms with E-state index in [0.29, 0.717) is 22.9 Å². The summed E-state index contributed by atoms with van der Waals surface area (Å²) in [5.74, 6) is 6.23. The van der Waals surface area contributed by atoms with Crippen LogP contribution in [-0.2, 0) is 4.74 Å². The van der Waals surface area contributed by atoms with Crippen LogP contribution in [0.5, 0.6) is 0 Å². The molecule has 6 fully saturated rings. The van der Waals surface area contributed by atoms with Gasteiger partial charge in [-0.3, -0.25) is 5.32 Å². The van der Waals surface area contributed by atoms with Crippen LogP contribution in [0.3, 0.4) is 0 Å². The third-order valence-electron chi connectivity index (χ3n) is 12.1. The minimum atomic E-state index is -0.000316. The maximum atomic E-state index is 7.03. The van der Waals surface area contributed by atoms with E-state index in [4.69, 9.17) is 4.74 Å². The van der Waals surface area contributed by atoms with Crippen molar-refractivity contribution in [2.45, 2.75) is 110 Å². The second-order valence-electron chi connectivity index (χ2n) is 13.1. The summed E-state index contributed by atoms with van der Waals surface area (Å²) >= 11 is 0. The lowest BCUT2D eigenvalue weighted by molar-refractivity contribution is -0.132. The fourth-order valence-electron chi connectivity index (χ4n) is 10.5. The average molecular weight is 400 g/mol. The molecule has 0 radical (unpaired) electrons. The third-order valence-corrected chi connectivity index (χ3v) is 12.1. The molecule has 0 aromatic rings. The van der Waals surface area contributed by atoms with Crippen LogP contribution < -0.4 is 5.32 Å². The van der Waals surface area contributed by atoms with Crippen molar-refractivity contribution in [2.24, 2.45) is 52.3 Å². The van der Waals surface area contributed by atoms with Crippen molar-refractivity contribution in [3.63, 3.8) is 0 Å². The highest BCUT2D eigenvalue weighted by Gasteiger charge is 2.68. The van der Waals surface area contributed by atoms with Crippen LogP contribution in [0.1, 0.15) is 98.3 Å². The minimum absolute atomic E-state index is 0.000316. The summed E-state index contributed by atoms with van der Waals surface area (Å²) in [5.41, 5.74) is 1.19. The van der Waals surface area contributed by atoms with Gasteiger partial charge in [0, 0.05) is 12.5 Å². The van der Waals surface area contributed by atoms with E-state index in [9.17, 15) is 0 Å². The molecule has 0 amide bonds. The number of ether oxygens (including phenoxy) is 1. The van der Waals surface area contributed by atoms with Gasteiger partial charge in [0.15, 0.2) is 0 Å². The molecule has 6 rings (SSSR count). The molecule has 164 valence electrons. The highest BCUT2D eigenvalue weighted by atomic mass is 16.5. The van der Waals surface area contributed by atoms with Gasteiger partial charge in [-0.15, -0.1) is 0 Å². The molecule has 1 N–H and O–H groups in total. The Morgan fingerprint density at radius 2 is 1.69 bits per heavy atom. The molecule has 11 atom stereocenters. The SMILES string of the molecule is CC1CCC2(NC1)O[C@H]1C[C@H]3[C@@H]4CCC5CCCC[C@]5(C)[C@H]4CC[C@]3(C)[C@H]1[C@@H]2C. The van der Waals surface area contributed by atoms with Crippen molar-refractivity contribution in [3.05, 3.63) is 0 Å². The predicted molar refractivity (Wildman–Crippen MR) is 118 cm³/mol. The Kier molecular flexibility index (Phi) is 4.37. The molecule has 2 saturated heterocycles. The Bertz CT molecular complexity index is 653. The Morgan fingerprint density at radius 3 is 2.48 bits per heavy atom. The van der Waals surface area contributed by atoms with Gasteiger partial charge in [-0.05, 0) is 104 Å². The Labute approximate surface area is 179 Å². The Morgan fingerprint density at radius 1 is 0.828 bits per heavy atom. The normalized spacial score (nSPS) is 61.7. The Balaban J connectivity index is 1.27. The molecule has 2 aliphatic heterocycles. The maximum absolute atomic E-state index is 7.03. The van der Waals surface area contributed by atoms with E-state index < -0.39 is 0 Å². The molecule has 0 aromatic carbocycles.